The zero-order chi connectivity index (χ0) is 19.1. The number of morpholine rings is 1. The number of benzene rings is 1. The number of carbonyl (C=O) groups excluding carboxylic acids is 1. The number of aromatic nitrogens is 2. The van der Waals surface area contributed by atoms with E-state index in [0.29, 0.717) is 44.5 Å². The fourth-order valence-corrected chi connectivity index (χ4v) is 2.94. The minimum Gasteiger partial charge on any atom is -0.476 e. The molecule has 1 fully saturated rings. The predicted octanol–water partition coefficient (Wildman–Crippen LogP) is 1.67. The van der Waals surface area contributed by atoms with Crippen LogP contribution in [0.15, 0.2) is 30.3 Å². The van der Waals surface area contributed by atoms with Gasteiger partial charge in [-0.05, 0) is 25.0 Å². The summed E-state index contributed by atoms with van der Waals surface area (Å²) in [6, 6.07) is 9.74. The normalized spacial score (nSPS) is 14.1. The molecule has 1 aromatic carbocycles. The van der Waals surface area contributed by atoms with Crippen LogP contribution < -0.4 is 15.0 Å². The van der Waals surface area contributed by atoms with Crippen molar-refractivity contribution in [2.24, 2.45) is 0 Å². The fourth-order valence-electron chi connectivity index (χ4n) is 2.94. The molecule has 0 atom stereocenters. The molecule has 0 unspecified atom stereocenters. The monoisotopic (exact) mass is 370 g/mol. The van der Waals surface area contributed by atoms with Crippen molar-refractivity contribution in [1.29, 1.82) is 0 Å². The molecule has 1 amide bonds. The molecule has 7 nitrogen and oxygen atoms in total. The Morgan fingerprint density at radius 3 is 2.78 bits per heavy atom. The number of hydrogen-bond donors (Lipinski definition) is 1. The third kappa shape index (κ3) is 5.65. The Labute approximate surface area is 159 Å². The molecular weight excluding hydrogens is 344 g/mol. The number of aryl methyl sites for hydroxylation is 2. The maximum Gasteiger partial charge on any atom is 0.224 e. The van der Waals surface area contributed by atoms with E-state index in [1.54, 1.807) is 0 Å². The molecule has 1 aliphatic rings. The van der Waals surface area contributed by atoms with Crippen molar-refractivity contribution in [1.82, 2.24) is 15.3 Å². The second-order valence-electron chi connectivity index (χ2n) is 6.51. The number of anilines is 1. The number of hydrogen-bond acceptors (Lipinski definition) is 6. The van der Waals surface area contributed by atoms with Gasteiger partial charge in [0, 0.05) is 19.2 Å². The molecule has 0 spiro atoms. The van der Waals surface area contributed by atoms with E-state index >= 15 is 0 Å². The maximum absolute atomic E-state index is 12.1. The van der Waals surface area contributed by atoms with Crippen LogP contribution in [0.5, 0.6) is 5.88 Å². The SMILES string of the molecule is Cc1nc(OCCNC(=O)Cc2ccccc2C)cc(N2CCOCC2)n1. The first-order valence-electron chi connectivity index (χ1n) is 9.24. The Kier molecular flexibility index (Phi) is 6.59. The molecule has 1 saturated heterocycles. The minimum absolute atomic E-state index is 0.0132. The van der Waals surface area contributed by atoms with Gasteiger partial charge in [0.2, 0.25) is 11.8 Å². The average molecular weight is 370 g/mol. The first kappa shape index (κ1) is 19.1. The number of nitrogens with one attached hydrogen (secondary N) is 1. The zero-order valence-corrected chi connectivity index (χ0v) is 15.9. The highest BCUT2D eigenvalue weighted by Crippen LogP contribution is 2.18. The number of amides is 1. The van der Waals surface area contributed by atoms with Crippen LogP contribution in [0.3, 0.4) is 0 Å². The molecule has 7 heteroatoms. The molecule has 27 heavy (non-hydrogen) atoms. The van der Waals surface area contributed by atoms with Gasteiger partial charge in [-0.25, -0.2) is 4.98 Å². The van der Waals surface area contributed by atoms with Gasteiger partial charge >= 0.3 is 0 Å². The molecule has 1 N–H and O–H groups in total. The molecule has 0 bridgehead atoms. The van der Waals surface area contributed by atoms with E-state index in [9.17, 15) is 4.79 Å². The van der Waals surface area contributed by atoms with Gasteiger partial charge in [0.15, 0.2) is 0 Å². The Bertz CT molecular complexity index is 776. The first-order valence-corrected chi connectivity index (χ1v) is 9.24. The third-order valence-electron chi connectivity index (χ3n) is 4.42. The smallest absolute Gasteiger partial charge is 0.224 e. The van der Waals surface area contributed by atoms with Crippen LogP contribution in [0, 0.1) is 13.8 Å². The molecule has 144 valence electrons. The van der Waals surface area contributed by atoms with E-state index in [1.807, 2.05) is 44.2 Å². The summed E-state index contributed by atoms with van der Waals surface area (Å²) in [5.41, 5.74) is 2.16. The van der Waals surface area contributed by atoms with Crippen molar-refractivity contribution in [3.8, 4) is 5.88 Å². The lowest BCUT2D eigenvalue weighted by Crippen LogP contribution is -2.37. The van der Waals surface area contributed by atoms with Crippen molar-refractivity contribution in [3.05, 3.63) is 47.3 Å². The zero-order valence-electron chi connectivity index (χ0n) is 15.9. The van der Waals surface area contributed by atoms with Gasteiger partial charge in [0.1, 0.15) is 18.2 Å². The lowest BCUT2D eigenvalue weighted by molar-refractivity contribution is -0.120. The van der Waals surface area contributed by atoms with Gasteiger partial charge < -0.3 is 19.7 Å². The average Bonchev–Trinajstić information content (AvgIpc) is 2.67. The van der Waals surface area contributed by atoms with E-state index in [2.05, 4.69) is 20.2 Å². The Morgan fingerprint density at radius 1 is 1.22 bits per heavy atom. The molecule has 0 aliphatic carbocycles. The van der Waals surface area contributed by atoms with E-state index in [0.717, 1.165) is 30.0 Å². The van der Waals surface area contributed by atoms with Crippen LogP contribution in [0.25, 0.3) is 0 Å². The topological polar surface area (TPSA) is 76.6 Å². The van der Waals surface area contributed by atoms with Gasteiger partial charge in [-0.1, -0.05) is 24.3 Å². The lowest BCUT2D eigenvalue weighted by Gasteiger charge is -2.28. The van der Waals surface area contributed by atoms with Crippen LogP contribution in [0.2, 0.25) is 0 Å². The van der Waals surface area contributed by atoms with E-state index in [4.69, 9.17) is 9.47 Å². The van der Waals surface area contributed by atoms with Crippen LogP contribution >= 0.6 is 0 Å². The molecular formula is C20H26N4O3. The summed E-state index contributed by atoms with van der Waals surface area (Å²) >= 11 is 0. The Balaban J connectivity index is 1.46. The maximum atomic E-state index is 12.1. The lowest BCUT2D eigenvalue weighted by atomic mass is 10.1. The predicted molar refractivity (Wildman–Crippen MR) is 103 cm³/mol. The third-order valence-corrected chi connectivity index (χ3v) is 4.42. The highest BCUT2D eigenvalue weighted by Gasteiger charge is 2.14. The molecule has 1 aliphatic heterocycles. The van der Waals surface area contributed by atoms with E-state index in [-0.39, 0.29) is 5.91 Å². The van der Waals surface area contributed by atoms with Crippen LogP contribution in [-0.2, 0) is 16.0 Å². The quantitative estimate of drug-likeness (QED) is 0.747. The Morgan fingerprint density at radius 2 is 2.00 bits per heavy atom. The summed E-state index contributed by atoms with van der Waals surface area (Å²) < 4.78 is 11.1. The van der Waals surface area contributed by atoms with Gasteiger partial charge in [-0.3, -0.25) is 4.79 Å². The molecule has 3 rings (SSSR count). The van der Waals surface area contributed by atoms with Gasteiger partial charge in [-0.15, -0.1) is 0 Å². The molecule has 0 saturated carbocycles. The summed E-state index contributed by atoms with van der Waals surface area (Å²) in [4.78, 5) is 23.0. The van der Waals surface area contributed by atoms with Crippen LogP contribution in [0.1, 0.15) is 17.0 Å². The van der Waals surface area contributed by atoms with E-state index in [1.165, 1.54) is 0 Å². The highest BCUT2D eigenvalue weighted by atomic mass is 16.5. The van der Waals surface area contributed by atoms with Gasteiger partial charge in [0.05, 0.1) is 26.2 Å². The summed E-state index contributed by atoms with van der Waals surface area (Å²) in [6.07, 6.45) is 0.375. The van der Waals surface area contributed by atoms with Crippen molar-refractivity contribution in [2.75, 3.05) is 44.4 Å². The number of nitrogens with zero attached hydrogens (tertiary/aromatic N) is 3. The molecule has 2 heterocycles. The molecule has 1 aromatic heterocycles. The van der Waals surface area contributed by atoms with Gasteiger partial charge in [-0.2, -0.15) is 4.98 Å². The summed E-state index contributed by atoms with van der Waals surface area (Å²) in [5.74, 6) is 2.03. The standard InChI is InChI=1S/C20H26N4O3/c1-15-5-3-4-6-17(15)13-19(25)21-7-10-27-20-14-18(22-16(2)23-20)24-8-11-26-12-9-24/h3-6,14H,7-13H2,1-2H3,(H,21,25). The fraction of sp³-hybridized carbons (Fsp3) is 0.450. The second kappa shape index (κ2) is 9.32. The second-order valence-corrected chi connectivity index (χ2v) is 6.51. The molecule has 0 radical (unpaired) electrons. The van der Waals surface area contributed by atoms with Crippen LogP contribution in [-0.4, -0.2) is 55.3 Å². The molecule has 2 aromatic rings. The minimum atomic E-state index is -0.0132. The first-order chi connectivity index (χ1) is 13.1. The van der Waals surface area contributed by atoms with Crippen molar-refractivity contribution < 1.29 is 14.3 Å². The summed E-state index contributed by atoms with van der Waals surface area (Å²) in [7, 11) is 0. The highest BCUT2D eigenvalue weighted by molar-refractivity contribution is 5.78. The van der Waals surface area contributed by atoms with Crippen molar-refractivity contribution in [2.45, 2.75) is 20.3 Å². The largest absolute Gasteiger partial charge is 0.476 e. The van der Waals surface area contributed by atoms with Crippen LogP contribution in [0.4, 0.5) is 5.82 Å². The summed E-state index contributed by atoms with van der Waals surface area (Å²) in [6.45, 7) is 7.67. The van der Waals surface area contributed by atoms with E-state index < -0.39 is 0 Å². The van der Waals surface area contributed by atoms with Gasteiger partial charge in [0.25, 0.3) is 0 Å². The number of rotatable bonds is 7. The summed E-state index contributed by atoms with van der Waals surface area (Å²) in [5, 5.41) is 2.89. The Hall–Kier alpha value is -2.67. The van der Waals surface area contributed by atoms with Crippen molar-refractivity contribution >= 4 is 11.7 Å². The number of ether oxygens (including phenoxy) is 2. The van der Waals surface area contributed by atoms with Crippen molar-refractivity contribution in [3.63, 3.8) is 0 Å². The number of carbonyl (C=O) groups is 1.